The van der Waals surface area contributed by atoms with Crippen molar-refractivity contribution in [1.29, 1.82) is 0 Å². The third-order valence-electron chi connectivity index (χ3n) is 3.37. The first-order valence-electron chi connectivity index (χ1n) is 5.85. The molecule has 1 aliphatic rings. The van der Waals surface area contributed by atoms with Gasteiger partial charge in [0.2, 0.25) is 0 Å². The highest BCUT2D eigenvalue weighted by molar-refractivity contribution is 9.10. The molecular weight excluding hydrogens is 266 g/mol. The summed E-state index contributed by atoms with van der Waals surface area (Å²) in [6, 6.07) is 3.91. The molecule has 0 bridgehead atoms. The van der Waals surface area contributed by atoms with E-state index in [1.165, 1.54) is 24.0 Å². The van der Waals surface area contributed by atoms with Crippen molar-refractivity contribution in [3.05, 3.63) is 27.7 Å². The molecule has 0 aromatic heterocycles. The van der Waals surface area contributed by atoms with Crippen molar-refractivity contribution in [3.8, 4) is 5.75 Å². The number of phenols is 1. The summed E-state index contributed by atoms with van der Waals surface area (Å²) < 4.78 is 0.807. The molecule has 2 N–H and O–H groups in total. The smallest absolute Gasteiger partial charge is 0.130 e. The lowest BCUT2D eigenvalue weighted by atomic mass is 9.89. The zero-order valence-corrected chi connectivity index (χ0v) is 11.2. The minimum Gasteiger partial charge on any atom is -0.507 e. The van der Waals surface area contributed by atoms with E-state index >= 15 is 0 Å². The average Bonchev–Trinajstić information content (AvgIpc) is 2.27. The van der Waals surface area contributed by atoms with Gasteiger partial charge in [-0.15, -0.1) is 0 Å². The Morgan fingerprint density at radius 1 is 1.38 bits per heavy atom. The summed E-state index contributed by atoms with van der Waals surface area (Å²) in [6.45, 7) is 4.36. The number of phenolic OH excluding ortho intramolecular Hbond substituents is 1. The highest BCUT2D eigenvalue weighted by Crippen LogP contribution is 2.29. The van der Waals surface area contributed by atoms with Crippen LogP contribution in [0.4, 0.5) is 0 Å². The topological polar surface area (TPSA) is 32.3 Å². The lowest BCUT2D eigenvalue weighted by Gasteiger charge is -2.23. The number of benzene rings is 1. The molecule has 1 heterocycles. The van der Waals surface area contributed by atoms with Gasteiger partial charge in [-0.1, -0.05) is 0 Å². The molecule has 1 aromatic carbocycles. The minimum absolute atomic E-state index is 0.339. The van der Waals surface area contributed by atoms with Crippen LogP contribution in [0.3, 0.4) is 0 Å². The zero-order chi connectivity index (χ0) is 11.5. The van der Waals surface area contributed by atoms with Crippen LogP contribution in [0.25, 0.3) is 0 Å². The van der Waals surface area contributed by atoms with E-state index in [9.17, 15) is 5.11 Å². The highest BCUT2D eigenvalue weighted by Gasteiger charge is 2.15. The molecule has 0 saturated carbocycles. The fraction of sp³-hybridized carbons (Fsp3) is 0.538. The number of nitrogens with one attached hydrogen (secondary N) is 1. The molecule has 16 heavy (non-hydrogen) atoms. The summed E-state index contributed by atoms with van der Waals surface area (Å²) >= 11 is 3.38. The minimum atomic E-state index is 0.339. The Morgan fingerprint density at radius 2 is 2.06 bits per heavy atom. The van der Waals surface area contributed by atoms with Crippen molar-refractivity contribution >= 4 is 15.9 Å². The zero-order valence-electron chi connectivity index (χ0n) is 9.59. The maximum atomic E-state index is 9.57. The average molecular weight is 284 g/mol. The van der Waals surface area contributed by atoms with Gasteiger partial charge in [-0.25, -0.2) is 0 Å². The van der Waals surface area contributed by atoms with Crippen molar-refractivity contribution in [2.24, 2.45) is 5.92 Å². The number of piperidine rings is 1. The van der Waals surface area contributed by atoms with Gasteiger partial charge in [-0.2, -0.15) is 0 Å². The number of rotatable bonds is 2. The Bertz CT molecular complexity index is 372. The van der Waals surface area contributed by atoms with Crippen molar-refractivity contribution in [2.75, 3.05) is 13.1 Å². The second kappa shape index (κ2) is 5.19. The Hall–Kier alpha value is -0.540. The lowest BCUT2D eigenvalue weighted by molar-refractivity contribution is 0.372. The summed E-state index contributed by atoms with van der Waals surface area (Å²) in [5, 5.41) is 13.0. The van der Waals surface area contributed by atoms with Crippen LogP contribution in [0.15, 0.2) is 16.6 Å². The van der Waals surface area contributed by atoms with E-state index in [4.69, 9.17) is 0 Å². The van der Waals surface area contributed by atoms with Crippen LogP contribution in [-0.2, 0) is 6.42 Å². The van der Waals surface area contributed by atoms with Gasteiger partial charge in [0, 0.05) is 0 Å². The Morgan fingerprint density at radius 3 is 2.75 bits per heavy atom. The number of halogens is 1. The predicted molar refractivity (Wildman–Crippen MR) is 69.8 cm³/mol. The van der Waals surface area contributed by atoms with E-state index in [2.05, 4.69) is 34.2 Å². The van der Waals surface area contributed by atoms with Gasteiger partial charge in [0.25, 0.3) is 0 Å². The maximum Gasteiger partial charge on any atom is 0.130 e. The van der Waals surface area contributed by atoms with E-state index in [0.717, 1.165) is 29.9 Å². The van der Waals surface area contributed by atoms with Crippen LogP contribution in [-0.4, -0.2) is 18.2 Å². The number of aryl methyl sites for hydroxylation is 1. The summed E-state index contributed by atoms with van der Waals surface area (Å²) in [6.07, 6.45) is 3.66. The molecule has 0 radical (unpaired) electrons. The van der Waals surface area contributed by atoms with E-state index in [-0.39, 0.29) is 0 Å². The summed E-state index contributed by atoms with van der Waals surface area (Å²) in [5.41, 5.74) is 2.55. The van der Waals surface area contributed by atoms with Gasteiger partial charge in [0.05, 0.1) is 4.47 Å². The van der Waals surface area contributed by atoms with E-state index < -0.39 is 0 Å². The molecule has 1 aromatic rings. The van der Waals surface area contributed by atoms with E-state index in [0.29, 0.717) is 5.75 Å². The molecule has 0 unspecified atom stereocenters. The largest absolute Gasteiger partial charge is 0.507 e. The number of aromatic hydroxyl groups is 1. The number of hydrogen-bond acceptors (Lipinski definition) is 2. The molecule has 0 spiro atoms. The van der Waals surface area contributed by atoms with Crippen LogP contribution < -0.4 is 5.32 Å². The van der Waals surface area contributed by atoms with Gasteiger partial charge in [0.15, 0.2) is 0 Å². The normalized spacial score (nSPS) is 17.6. The Labute approximate surface area is 105 Å². The first kappa shape index (κ1) is 11.9. The van der Waals surface area contributed by atoms with E-state index in [1.807, 2.05) is 6.07 Å². The monoisotopic (exact) mass is 283 g/mol. The van der Waals surface area contributed by atoms with Crippen molar-refractivity contribution in [3.63, 3.8) is 0 Å². The van der Waals surface area contributed by atoms with Gasteiger partial charge < -0.3 is 10.4 Å². The molecule has 1 fully saturated rings. The van der Waals surface area contributed by atoms with Gasteiger partial charge >= 0.3 is 0 Å². The molecule has 0 aliphatic carbocycles. The molecule has 1 saturated heterocycles. The van der Waals surface area contributed by atoms with E-state index in [1.54, 1.807) is 0 Å². The van der Waals surface area contributed by atoms with Crippen molar-refractivity contribution in [2.45, 2.75) is 26.2 Å². The fourth-order valence-corrected chi connectivity index (χ4v) is 2.72. The van der Waals surface area contributed by atoms with Crippen LogP contribution in [0.5, 0.6) is 5.75 Å². The third kappa shape index (κ3) is 2.77. The van der Waals surface area contributed by atoms with Crippen LogP contribution >= 0.6 is 15.9 Å². The molecule has 0 atom stereocenters. The molecule has 3 heteroatoms. The van der Waals surface area contributed by atoms with Crippen LogP contribution in [0.1, 0.15) is 24.0 Å². The lowest BCUT2D eigenvalue weighted by Crippen LogP contribution is -2.28. The second-order valence-corrected chi connectivity index (χ2v) is 5.48. The predicted octanol–water partition coefficient (Wildman–Crippen LogP) is 3.01. The van der Waals surface area contributed by atoms with Crippen molar-refractivity contribution < 1.29 is 5.11 Å². The summed E-state index contributed by atoms with van der Waals surface area (Å²) in [7, 11) is 0. The van der Waals surface area contributed by atoms with Crippen LogP contribution in [0, 0.1) is 12.8 Å². The molecular formula is C13H18BrNO. The van der Waals surface area contributed by atoms with Crippen molar-refractivity contribution in [1.82, 2.24) is 5.32 Å². The summed E-state index contributed by atoms with van der Waals surface area (Å²) in [4.78, 5) is 0. The van der Waals surface area contributed by atoms with Gasteiger partial charge in [-0.05, 0) is 84.4 Å². The molecule has 1 aliphatic heterocycles. The number of hydrogen-bond donors (Lipinski definition) is 2. The molecule has 0 amide bonds. The SMILES string of the molecule is Cc1cc(O)c(Br)cc1CC1CCNCC1. The second-order valence-electron chi connectivity index (χ2n) is 4.63. The van der Waals surface area contributed by atoms with Gasteiger partial charge in [0.1, 0.15) is 5.75 Å². The van der Waals surface area contributed by atoms with Gasteiger partial charge in [-0.3, -0.25) is 0 Å². The molecule has 2 rings (SSSR count). The Balaban J connectivity index is 2.11. The molecule has 2 nitrogen and oxygen atoms in total. The Kier molecular flexibility index (Phi) is 3.87. The first-order chi connectivity index (χ1) is 7.66. The first-order valence-corrected chi connectivity index (χ1v) is 6.65. The molecule has 88 valence electrons. The summed E-state index contributed by atoms with van der Waals surface area (Å²) in [5.74, 6) is 1.13. The maximum absolute atomic E-state index is 9.57. The quantitative estimate of drug-likeness (QED) is 0.875. The highest BCUT2D eigenvalue weighted by atomic mass is 79.9. The standard InChI is InChI=1S/C13H18BrNO/c1-9-6-13(16)12(14)8-11(9)7-10-2-4-15-5-3-10/h6,8,10,15-16H,2-5,7H2,1H3. The van der Waals surface area contributed by atoms with Crippen LogP contribution in [0.2, 0.25) is 0 Å². The third-order valence-corrected chi connectivity index (χ3v) is 4.01. The fourth-order valence-electron chi connectivity index (χ4n) is 2.32.